The fourth-order valence-corrected chi connectivity index (χ4v) is 3.22. The number of fused-ring (bicyclic) bond motifs is 2. The summed E-state index contributed by atoms with van der Waals surface area (Å²) in [7, 11) is 1.69. The lowest BCUT2D eigenvalue weighted by atomic mass is 9.93. The summed E-state index contributed by atoms with van der Waals surface area (Å²) in [5, 5.41) is 12.7. The molecular formula is C17H14N2O3. The third-order valence-corrected chi connectivity index (χ3v) is 4.37. The molecule has 0 fully saturated rings. The monoisotopic (exact) mass is 294 g/mol. The highest BCUT2D eigenvalue weighted by Crippen LogP contribution is 2.40. The van der Waals surface area contributed by atoms with Gasteiger partial charge in [0.2, 0.25) is 0 Å². The van der Waals surface area contributed by atoms with Gasteiger partial charge in [-0.2, -0.15) is 0 Å². The van der Waals surface area contributed by atoms with Gasteiger partial charge in [0.25, 0.3) is 0 Å². The molecule has 1 atom stereocenters. The normalized spacial score (nSPS) is 19.0. The maximum atomic E-state index is 11.7. The van der Waals surface area contributed by atoms with Gasteiger partial charge in [-0.3, -0.25) is 4.57 Å². The number of aryl methyl sites for hydroxylation is 1. The van der Waals surface area contributed by atoms with E-state index in [1.165, 1.54) is 4.57 Å². The lowest BCUT2D eigenvalue weighted by Crippen LogP contribution is -2.08. The topological polar surface area (TPSA) is 67.7 Å². The van der Waals surface area contributed by atoms with Gasteiger partial charge in [-0.05, 0) is 23.3 Å². The van der Waals surface area contributed by atoms with Gasteiger partial charge in [0.15, 0.2) is 5.58 Å². The number of nitrogens with zero attached hydrogens (tertiary/aromatic N) is 2. The number of oxazole rings is 1. The smallest absolute Gasteiger partial charge is 0.411 e. The van der Waals surface area contributed by atoms with E-state index in [1.807, 2.05) is 24.3 Å². The number of hydrogen-bond donors (Lipinski definition) is 1. The molecule has 4 rings (SSSR count). The minimum Gasteiger partial charge on any atom is -0.411 e. The zero-order valence-corrected chi connectivity index (χ0v) is 12.0. The maximum absolute atomic E-state index is 11.7. The molecule has 1 N–H and O–H groups in total. The van der Waals surface area contributed by atoms with Crippen LogP contribution in [0.15, 0.2) is 56.8 Å². The lowest BCUT2D eigenvalue weighted by molar-refractivity contribution is 0.318. The fraction of sp³-hybridized carbons (Fsp3) is 0.176. The first-order valence-electron chi connectivity index (χ1n) is 7.08. The van der Waals surface area contributed by atoms with E-state index in [0.717, 1.165) is 22.2 Å². The minimum atomic E-state index is -0.391. The van der Waals surface area contributed by atoms with Crippen molar-refractivity contribution in [2.45, 2.75) is 12.3 Å². The van der Waals surface area contributed by atoms with E-state index in [9.17, 15) is 10.0 Å². The highest BCUT2D eigenvalue weighted by Gasteiger charge is 2.31. The summed E-state index contributed by atoms with van der Waals surface area (Å²) in [6.07, 6.45) is 0.635. The van der Waals surface area contributed by atoms with Crippen LogP contribution in [0.5, 0.6) is 0 Å². The Bertz CT molecular complexity index is 951. The Morgan fingerprint density at radius 3 is 2.77 bits per heavy atom. The van der Waals surface area contributed by atoms with Crippen LogP contribution < -0.4 is 5.76 Å². The van der Waals surface area contributed by atoms with Crippen LogP contribution in [0.25, 0.3) is 11.1 Å². The zero-order valence-electron chi connectivity index (χ0n) is 12.0. The largest absolute Gasteiger partial charge is 0.419 e. The summed E-state index contributed by atoms with van der Waals surface area (Å²) in [5.41, 5.74) is 4.96. The van der Waals surface area contributed by atoms with Crippen molar-refractivity contribution >= 4 is 16.8 Å². The van der Waals surface area contributed by atoms with E-state index >= 15 is 0 Å². The molecule has 1 aliphatic carbocycles. The van der Waals surface area contributed by atoms with E-state index in [4.69, 9.17) is 4.42 Å². The molecule has 1 aromatic heterocycles. The predicted molar refractivity (Wildman–Crippen MR) is 82.7 cm³/mol. The third kappa shape index (κ3) is 1.72. The SMILES string of the molecule is Cn1c(=O)oc2cc3c(cc21)C(c1ccccc1)C/C3=N/O. The van der Waals surface area contributed by atoms with E-state index in [2.05, 4.69) is 17.3 Å². The van der Waals surface area contributed by atoms with Crippen LogP contribution in [0, 0.1) is 0 Å². The first kappa shape index (κ1) is 12.9. The Morgan fingerprint density at radius 2 is 2.05 bits per heavy atom. The molecule has 0 amide bonds. The number of rotatable bonds is 1. The summed E-state index contributed by atoms with van der Waals surface area (Å²) >= 11 is 0. The first-order chi connectivity index (χ1) is 10.7. The van der Waals surface area contributed by atoms with Crippen LogP contribution in [-0.4, -0.2) is 15.5 Å². The first-order valence-corrected chi connectivity index (χ1v) is 7.08. The Morgan fingerprint density at radius 1 is 1.27 bits per heavy atom. The molecule has 110 valence electrons. The third-order valence-electron chi connectivity index (χ3n) is 4.37. The van der Waals surface area contributed by atoms with Crippen LogP contribution >= 0.6 is 0 Å². The molecular weight excluding hydrogens is 280 g/mol. The Labute approximate surface area is 126 Å². The molecule has 0 bridgehead atoms. The van der Waals surface area contributed by atoms with Gasteiger partial charge in [0, 0.05) is 24.9 Å². The van der Waals surface area contributed by atoms with E-state index in [0.29, 0.717) is 17.7 Å². The van der Waals surface area contributed by atoms with Gasteiger partial charge in [-0.25, -0.2) is 4.79 Å². The molecule has 3 aromatic rings. The Kier molecular flexibility index (Phi) is 2.69. The lowest BCUT2D eigenvalue weighted by Gasteiger charge is -2.11. The van der Waals surface area contributed by atoms with Crippen molar-refractivity contribution in [3.63, 3.8) is 0 Å². The van der Waals surface area contributed by atoms with E-state index in [-0.39, 0.29) is 5.92 Å². The van der Waals surface area contributed by atoms with Gasteiger partial charge in [-0.15, -0.1) is 0 Å². The molecule has 22 heavy (non-hydrogen) atoms. The van der Waals surface area contributed by atoms with Crippen molar-refractivity contribution in [1.29, 1.82) is 0 Å². The van der Waals surface area contributed by atoms with Gasteiger partial charge in [0.1, 0.15) is 0 Å². The molecule has 5 heteroatoms. The number of aromatic nitrogens is 1. The van der Waals surface area contributed by atoms with Crippen molar-refractivity contribution in [1.82, 2.24) is 4.57 Å². The van der Waals surface area contributed by atoms with Gasteiger partial charge >= 0.3 is 5.76 Å². The summed E-state index contributed by atoms with van der Waals surface area (Å²) in [4.78, 5) is 11.7. The van der Waals surface area contributed by atoms with Gasteiger partial charge < -0.3 is 9.62 Å². The summed E-state index contributed by atoms with van der Waals surface area (Å²) in [6, 6.07) is 13.9. The molecule has 0 saturated carbocycles. The molecule has 0 saturated heterocycles. The Balaban J connectivity index is 1.99. The van der Waals surface area contributed by atoms with Crippen LogP contribution in [0.2, 0.25) is 0 Å². The number of hydrogen-bond acceptors (Lipinski definition) is 4. The second kappa shape index (κ2) is 4.59. The fourth-order valence-electron chi connectivity index (χ4n) is 3.22. The van der Waals surface area contributed by atoms with Crippen molar-refractivity contribution in [2.75, 3.05) is 0 Å². The van der Waals surface area contributed by atoms with E-state index < -0.39 is 5.76 Å². The molecule has 1 heterocycles. The summed E-state index contributed by atoms with van der Waals surface area (Å²) < 4.78 is 6.72. The molecule has 0 aliphatic heterocycles. The molecule has 1 unspecified atom stereocenters. The molecule has 2 aromatic carbocycles. The van der Waals surface area contributed by atoms with Gasteiger partial charge in [-0.1, -0.05) is 35.5 Å². The van der Waals surface area contributed by atoms with E-state index in [1.54, 1.807) is 13.1 Å². The van der Waals surface area contributed by atoms with Crippen LogP contribution in [0.1, 0.15) is 29.0 Å². The quantitative estimate of drug-likeness (QED) is 0.554. The molecule has 1 aliphatic rings. The average Bonchev–Trinajstić information content (AvgIpc) is 3.04. The molecule has 0 spiro atoms. The standard InChI is InChI=1S/C17H14N2O3/c1-19-15-8-12-11(10-5-3-2-4-6-10)7-14(18-21)13(12)9-16(15)22-17(19)20/h2-6,8-9,11,21H,7H2,1H3/b18-14-. The summed E-state index contributed by atoms with van der Waals surface area (Å²) in [5.74, 6) is -0.270. The zero-order chi connectivity index (χ0) is 15.3. The van der Waals surface area contributed by atoms with Crippen LogP contribution in [0.4, 0.5) is 0 Å². The number of benzene rings is 2. The molecule has 0 radical (unpaired) electrons. The predicted octanol–water partition coefficient (Wildman–Crippen LogP) is 2.85. The highest BCUT2D eigenvalue weighted by molar-refractivity contribution is 6.07. The van der Waals surface area contributed by atoms with Crippen molar-refractivity contribution in [3.8, 4) is 0 Å². The van der Waals surface area contributed by atoms with Gasteiger partial charge in [0.05, 0.1) is 11.2 Å². The molecule has 5 nitrogen and oxygen atoms in total. The second-order valence-electron chi connectivity index (χ2n) is 5.55. The van der Waals surface area contributed by atoms with Crippen LogP contribution in [0.3, 0.4) is 0 Å². The average molecular weight is 294 g/mol. The van der Waals surface area contributed by atoms with Crippen LogP contribution in [-0.2, 0) is 7.05 Å². The highest BCUT2D eigenvalue weighted by atomic mass is 16.4. The second-order valence-corrected chi connectivity index (χ2v) is 5.55. The minimum absolute atomic E-state index is 0.122. The van der Waals surface area contributed by atoms with Crippen molar-refractivity contribution in [2.24, 2.45) is 12.2 Å². The van der Waals surface area contributed by atoms with Crippen molar-refractivity contribution < 1.29 is 9.62 Å². The maximum Gasteiger partial charge on any atom is 0.419 e. The Hall–Kier alpha value is -2.82. The van der Waals surface area contributed by atoms with Crippen molar-refractivity contribution in [3.05, 3.63) is 69.7 Å². The summed E-state index contributed by atoms with van der Waals surface area (Å²) in [6.45, 7) is 0. The number of oxime groups is 1.